The topological polar surface area (TPSA) is 70.2 Å². The smallest absolute Gasteiger partial charge is 0.242 e. The molecular formula is C14H27N3O2. The molecule has 1 heterocycles. The van der Waals surface area contributed by atoms with Crippen molar-refractivity contribution in [3.05, 3.63) is 0 Å². The van der Waals surface area contributed by atoms with Crippen LogP contribution in [0.5, 0.6) is 0 Å². The second-order valence-corrected chi connectivity index (χ2v) is 5.68. The van der Waals surface area contributed by atoms with E-state index in [2.05, 4.69) is 16.0 Å². The first-order valence-corrected chi connectivity index (χ1v) is 7.29. The van der Waals surface area contributed by atoms with Gasteiger partial charge in [-0.25, -0.2) is 0 Å². The number of hydrogen-bond donors (Lipinski definition) is 3. The molecule has 5 nitrogen and oxygen atoms in total. The second-order valence-electron chi connectivity index (χ2n) is 5.68. The zero-order valence-corrected chi connectivity index (χ0v) is 12.3. The fraction of sp³-hybridized carbons (Fsp3) is 0.857. The van der Waals surface area contributed by atoms with Crippen molar-refractivity contribution in [3.8, 4) is 0 Å². The average Bonchev–Trinajstić information content (AvgIpc) is 2.36. The molecule has 1 saturated heterocycles. The Bertz CT molecular complexity index is 299. The van der Waals surface area contributed by atoms with Crippen molar-refractivity contribution in [2.24, 2.45) is 5.92 Å². The van der Waals surface area contributed by atoms with Gasteiger partial charge < -0.3 is 16.0 Å². The van der Waals surface area contributed by atoms with Crippen LogP contribution in [0.2, 0.25) is 0 Å². The van der Waals surface area contributed by atoms with E-state index in [-0.39, 0.29) is 17.9 Å². The van der Waals surface area contributed by atoms with Crippen molar-refractivity contribution >= 4 is 11.8 Å². The van der Waals surface area contributed by atoms with Gasteiger partial charge in [-0.05, 0) is 59.0 Å². The molecule has 1 rings (SSSR count). The summed E-state index contributed by atoms with van der Waals surface area (Å²) < 4.78 is 0. The summed E-state index contributed by atoms with van der Waals surface area (Å²) >= 11 is 0. The Morgan fingerprint density at radius 3 is 2.37 bits per heavy atom. The van der Waals surface area contributed by atoms with Crippen LogP contribution in [0.25, 0.3) is 0 Å². The van der Waals surface area contributed by atoms with Gasteiger partial charge in [-0.3, -0.25) is 9.59 Å². The molecule has 1 atom stereocenters. The van der Waals surface area contributed by atoms with Gasteiger partial charge in [-0.15, -0.1) is 0 Å². The van der Waals surface area contributed by atoms with Gasteiger partial charge in [0, 0.05) is 12.5 Å². The van der Waals surface area contributed by atoms with E-state index in [4.69, 9.17) is 0 Å². The van der Waals surface area contributed by atoms with E-state index >= 15 is 0 Å². The third-order valence-corrected chi connectivity index (χ3v) is 3.44. The fourth-order valence-electron chi connectivity index (χ4n) is 2.29. The van der Waals surface area contributed by atoms with Gasteiger partial charge >= 0.3 is 0 Å². The largest absolute Gasteiger partial charge is 0.352 e. The van der Waals surface area contributed by atoms with Crippen molar-refractivity contribution in [2.75, 3.05) is 13.1 Å². The lowest BCUT2D eigenvalue weighted by molar-refractivity contribution is -0.129. The molecule has 1 fully saturated rings. The Morgan fingerprint density at radius 1 is 1.16 bits per heavy atom. The molecular weight excluding hydrogens is 242 g/mol. The van der Waals surface area contributed by atoms with Crippen molar-refractivity contribution in [1.29, 1.82) is 0 Å². The minimum absolute atomic E-state index is 0.0232. The average molecular weight is 269 g/mol. The van der Waals surface area contributed by atoms with E-state index in [0.29, 0.717) is 12.3 Å². The lowest BCUT2D eigenvalue weighted by atomic mass is 9.93. The molecule has 19 heavy (non-hydrogen) atoms. The van der Waals surface area contributed by atoms with Crippen LogP contribution >= 0.6 is 0 Å². The molecule has 1 aliphatic rings. The molecule has 2 amide bonds. The highest BCUT2D eigenvalue weighted by atomic mass is 16.2. The van der Waals surface area contributed by atoms with Crippen molar-refractivity contribution in [3.63, 3.8) is 0 Å². The number of amides is 2. The summed E-state index contributed by atoms with van der Waals surface area (Å²) in [5, 5.41) is 8.86. The summed E-state index contributed by atoms with van der Waals surface area (Å²) in [4.78, 5) is 23.4. The van der Waals surface area contributed by atoms with Crippen LogP contribution in [-0.4, -0.2) is 37.0 Å². The molecule has 0 aliphatic carbocycles. The molecule has 0 radical (unpaired) electrons. The highest BCUT2D eigenvalue weighted by Gasteiger charge is 2.18. The Balaban J connectivity index is 2.20. The summed E-state index contributed by atoms with van der Waals surface area (Å²) in [5.74, 6) is 0.502. The maximum atomic E-state index is 11.8. The number of rotatable bonds is 6. The first-order chi connectivity index (χ1) is 8.99. The number of nitrogens with one attached hydrogen (secondary N) is 3. The third kappa shape index (κ3) is 6.57. The van der Waals surface area contributed by atoms with Gasteiger partial charge in [0.1, 0.15) is 6.04 Å². The van der Waals surface area contributed by atoms with E-state index in [1.165, 1.54) is 0 Å². The molecule has 0 saturated carbocycles. The summed E-state index contributed by atoms with van der Waals surface area (Å²) in [6.07, 6.45) is 3.74. The second kappa shape index (κ2) is 8.15. The number of piperidine rings is 1. The Labute approximate surface area is 115 Å². The Morgan fingerprint density at radius 2 is 1.79 bits per heavy atom. The molecule has 0 spiro atoms. The summed E-state index contributed by atoms with van der Waals surface area (Å²) in [6, 6.07) is -0.357. The predicted molar refractivity (Wildman–Crippen MR) is 75.7 cm³/mol. The van der Waals surface area contributed by atoms with E-state index in [0.717, 1.165) is 32.4 Å². The Kier molecular flexibility index (Phi) is 6.84. The molecule has 1 unspecified atom stereocenters. The van der Waals surface area contributed by atoms with Crippen LogP contribution in [-0.2, 0) is 9.59 Å². The van der Waals surface area contributed by atoms with Crippen molar-refractivity contribution < 1.29 is 9.59 Å². The van der Waals surface area contributed by atoms with E-state index in [1.807, 2.05) is 13.8 Å². The zero-order chi connectivity index (χ0) is 14.3. The van der Waals surface area contributed by atoms with Crippen LogP contribution in [0.3, 0.4) is 0 Å². The molecule has 110 valence electrons. The third-order valence-electron chi connectivity index (χ3n) is 3.44. The Hall–Kier alpha value is -1.10. The number of hydrogen-bond acceptors (Lipinski definition) is 3. The molecule has 5 heteroatoms. The molecule has 0 aromatic carbocycles. The van der Waals surface area contributed by atoms with Gasteiger partial charge in [0.25, 0.3) is 0 Å². The van der Waals surface area contributed by atoms with Crippen molar-refractivity contribution in [2.45, 2.75) is 58.5 Å². The first kappa shape index (κ1) is 16.0. The van der Waals surface area contributed by atoms with Crippen LogP contribution in [0, 0.1) is 5.92 Å². The van der Waals surface area contributed by atoms with Crippen LogP contribution in [0.4, 0.5) is 0 Å². The zero-order valence-electron chi connectivity index (χ0n) is 12.3. The van der Waals surface area contributed by atoms with E-state index < -0.39 is 6.04 Å². The van der Waals surface area contributed by atoms with Gasteiger partial charge in [0.15, 0.2) is 0 Å². The molecule has 0 aromatic rings. The van der Waals surface area contributed by atoms with Crippen LogP contribution in [0.1, 0.15) is 46.5 Å². The highest BCUT2D eigenvalue weighted by molar-refractivity contribution is 5.87. The van der Waals surface area contributed by atoms with Gasteiger partial charge in [0.05, 0.1) is 0 Å². The molecule has 0 bridgehead atoms. The van der Waals surface area contributed by atoms with Gasteiger partial charge in [-0.1, -0.05) is 0 Å². The number of carbonyl (C=O) groups excluding carboxylic acids is 2. The van der Waals surface area contributed by atoms with Crippen LogP contribution in [0.15, 0.2) is 0 Å². The maximum Gasteiger partial charge on any atom is 0.242 e. The van der Waals surface area contributed by atoms with E-state index in [9.17, 15) is 9.59 Å². The molecule has 3 N–H and O–H groups in total. The van der Waals surface area contributed by atoms with E-state index in [1.54, 1.807) is 6.92 Å². The normalized spacial score (nSPS) is 18.1. The SMILES string of the molecule is CC(C)NC(=O)C(C)NC(=O)CCC1CCNCC1. The van der Waals surface area contributed by atoms with Crippen molar-refractivity contribution in [1.82, 2.24) is 16.0 Å². The predicted octanol–water partition coefficient (Wildman–Crippen LogP) is 0.796. The quantitative estimate of drug-likeness (QED) is 0.668. The fourth-order valence-corrected chi connectivity index (χ4v) is 2.29. The standard InChI is InChI=1S/C14H27N3O2/c1-10(2)16-14(19)11(3)17-13(18)5-4-12-6-8-15-9-7-12/h10-12,15H,4-9H2,1-3H3,(H,16,19)(H,17,18). The van der Waals surface area contributed by atoms with Crippen LogP contribution < -0.4 is 16.0 Å². The monoisotopic (exact) mass is 269 g/mol. The highest BCUT2D eigenvalue weighted by Crippen LogP contribution is 2.17. The van der Waals surface area contributed by atoms with Gasteiger partial charge in [0.2, 0.25) is 11.8 Å². The lowest BCUT2D eigenvalue weighted by Crippen LogP contribution is -2.46. The first-order valence-electron chi connectivity index (χ1n) is 7.29. The molecule has 0 aromatic heterocycles. The number of carbonyl (C=O) groups is 2. The van der Waals surface area contributed by atoms with Gasteiger partial charge in [-0.2, -0.15) is 0 Å². The lowest BCUT2D eigenvalue weighted by Gasteiger charge is -2.22. The summed E-state index contributed by atoms with van der Waals surface area (Å²) in [5.41, 5.74) is 0. The summed E-state index contributed by atoms with van der Waals surface area (Å²) in [6.45, 7) is 7.65. The minimum Gasteiger partial charge on any atom is -0.352 e. The maximum absolute atomic E-state index is 11.8. The summed E-state index contributed by atoms with van der Waals surface area (Å²) in [7, 11) is 0. The molecule has 1 aliphatic heterocycles. The minimum atomic E-state index is -0.456.